The summed E-state index contributed by atoms with van der Waals surface area (Å²) in [5.74, 6) is -0.589. The second-order valence-corrected chi connectivity index (χ2v) is 14.8. The lowest BCUT2D eigenvalue weighted by molar-refractivity contribution is -0.149. The SMILES string of the molecule is CCOC(=O)C1CCN(CCOC(=O)N2c3ccc(C(F)(F)F)cc3[C@@H](Nc3ncc(N4CCOCC4)c(Cc4cc(C(F)(F)F)cc(C(F)(F)F)c4)n3)C[C@H]2CC)CC1. The Morgan fingerprint density at radius 2 is 1.48 bits per heavy atom. The molecule has 0 bridgehead atoms. The molecule has 6 rings (SSSR count). The first kappa shape index (κ1) is 44.7. The molecule has 1 amide bonds. The summed E-state index contributed by atoms with van der Waals surface area (Å²) in [4.78, 5) is 39.9. The molecule has 4 heterocycles. The van der Waals surface area contributed by atoms with Crippen molar-refractivity contribution in [2.24, 2.45) is 5.92 Å². The summed E-state index contributed by atoms with van der Waals surface area (Å²) in [7, 11) is 0. The van der Waals surface area contributed by atoms with Crippen molar-refractivity contribution in [1.82, 2.24) is 14.9 Å². The zero-order chi connectivity index (χ0) is 43.4. The number of alkyl halides is 9. The highest BCUT2D eigenvalue weighted by Gasteiger charge is 2.41. The highest BCUT2D eigenvalue weighted by molar-refractivity contribution is 5.90. The number of ether oxygens (including phenoxy) is 3. The number of hydrogen-bond donors (Lipinski definition) is 1. The van der Waals surface area contributed by atoms with Crippen LogP contribution in [0.3, 0.4) is 0 Å². The van der Waals surface area contributed by atoms with Crippen LogP contribution in [0.5, 0.6) is 0 Å². The highest BCUT2D eigenvalue weighted by Crippen LogP contribution is 2.44. The molecular weight excluding hydrogens is 815 g/mol. The molecule has 3 aromatic rings. The number of benzene rings is 2. The fourth-order valence-corrected chi connectivity index (χ4v) is 7.80. The number of hydrogen-bond acceptors (Lipinski definition) is 10. The third-order valence-corrected chi connectivity index (χ3v) is 10.9. The topological polar surface area (TPSA) is 109 Å². The van der Waals surface area contributed by atoms with Gasteiger partial charge in [0.15, 0.2) is 0 Å². The summed E-state index contributed by atoms with van der Waals surface area (Å²) < 4.78 is 141. The van der Waals surface area contributed by atoms with Gasteiger partial charge in [-0.1, -0.05) is 6.92 Å². The number of esters is 1. The Kier molecular flexibility index (Phi) is 13.7. The standard InChI is InChI=1S/C40H45F9N6O5/c1-3-29-22-31(30-21-26(38(41,42)43)5-6-33(30)55(29)37(57)60-16-11-53-9-7-25(8-10-53)35(56)59-4-2)51-36-50-23-34(54-12-14-58-15-13-54)32(52-36)19-24-17-27(39(44,45)46)20-28(18-24)40(47,48)49/h5-6,17-18,20-21,23,25,29,31H,3-4,7-16,19,22H2,1-2H3,(H,50,51,52)/t29-,31+/m1/s1. The van der Waals surface area contributed by atoms with Gasteiger partial charge < -0.3 is 24.4 Å². The van der Waals surface area contributed by atoms with Crippen LogP contribution in [0.1, 0.15) is 79.1 Å². The average Bonchev–Trinajstić information content (AvgIpc) is 3.20. The predicted molar refractivity (Wildman–Crippen MR) is 200 cm³/mol. The largest absolute Gasteiger partial charge is 0.466 e. The van der Waals surface area contributed by atoms with Crippen LogP contribution in [0, 0.1) is 5.92 Å². The van der Waals surface area contributed by atoms with Gasteiger partial charge in [-0.25, -0.2) is 14.8 Å². The fraction of sp³-hybridized carbons (Fsp3) is 0.550. The molecule has 0 saturated carbocycles. The number of amides is 1. The summed E-state index contributed by atoms with van der Waals surface area (Å²) in [6.45, 7) is 6.58. The maximum absolute atomic E-state index is 14.1. The molecule has 3 aliphatic heterocycles. The van der Waals surface area contributed by atoms with Gasteiger partial charge in [-0.2, -0.15) is 39.5 Å². The minimum atomic E-state index is -5.08. The van der Waals surface area contributed by atoms with E-state index < -0.39 is 59.8 Å². The zero-order valence-corrected chi connectivity index (χ0v) is 32.9. The van der Waals surface area contributed by atoms with E-state index in [2.05, 4.69) is 15.3 Å². The predicted octanol–water partition coefficient (Wildman–Crippen LogP) is 8.51. The number of nitrogens with zero attached hydrogens (tertiary/aromatic N) is 5. The first-order valence-corrected chi connectivity index (χ1v) is 19.6. The minimum Gasteiger partial charge on any atom is -0.466 e. The molecule has 0 unspecified atom stereocenters. The van der Waals surface area contributed by atoms with Crippen molar-refractivity contribution in [2.45, 2.75) is 76.6 Å². The van der Waals surface area contributed by atoms with E-state index in [0.29, 0.717) is 76.4 Å². The van der Waals surface area contributed by atoms with Gasteiger partial charge in [-0.3, -0.25) is 14.6 Å². The second kappa shape index (κ2) is 18.4. The molecule has 2 fully saturated rings. The average molecular weight is 861 g/mol. The first-order chi connectivity index (χ1) is 28.3. The van der Waals surface area contributed by atoms with Crippen LogP contribution in [0.15, 0.2) is 42.6 Å². The minimum absolute atomic E-state index is 0.0179. The van der Waals surface area contributed by atoms with E-state index in [1.54, 1.807) is 18.7 Å². The number of nitrogens with one attached hydrogen (secondary N) is 1. The van der Waals surface area contributed by atoms with Gasteiger partial charge in [0.05, 0.1) is 71.7 Å². The van der Waals surface area contributed by atoms with E-state index >= 15 is 0 Å². The number of piperidine rings is 1. The summed E-state index contributed by atoms with van der Waals surface area (Å²) >= 11 is 0. The van der Waals surface area contributed by atoms with E-state index in [1.165, 1.54) is 17.2 Å². The van der Waals surface area contributed by atoms with Crippen molar-refractivity contribution < 1.29 is 63.3 Å². The zero-order valence-electron chi connectivity index (χ0n) is 32.9. The summed E-state index contributed by atoms with van der Waals surface area (Å²) in [5, 5.41) is 3.06. The molecule has 20 heteroatoms. The van der Waals surface area contributed by atoms with Crippen molar-refractivity contribution in [3.05, 3.63) is 76.1 Å². The normalized spacial score (nSPS) is 19.5. The highest BCUT2D eigenvalue weighted by atomic mass is 19.4. The van der Waals surface area contributed by atoms with Crippen molar-refractivity contribution >= 4 is 29.4 Å². The molecule has 328 valence electrons. The Morgan fingerprint density at radius 1 is 0.833 bits per heavy atom. The Morgan fingerprint density at radius 3 is 2.08 bits per heavy atom. The molecule has 2 atom stereocenters. The number of likely N-dealkylation sites (tertiary alicyclic amines) is 1. The van der Waals surface area contributed by atoms with E-state index in [4.69, 9.17) is 14.2 Å². The molecule has 1 N–H and O–H groups in total. The lowest BCUT2D eigenvalue weighted by Gasteiger charge is -2.40. The van der Waals surface area contributed by atoms with Crippen molar-refractivity contribution in [3.8, 4) is 0 Å². The molecule has 0 aliphatic carbocycles. The van der Waals surface area contributed by atoms with Gasteiger partial charge in [-0.15, -0.1) is 0 Å². The Labute approximate surface area is 340 Å². The van der Waals surface area contributed by atoms with Gasteiger partial charge in [0.1, 0.15) is 6.61 Å². The smallest absolute Gasteiger partial charge is 0.416 e. The van der Waals surface area contributed by atoms with Gasteiger partial charge in [0, 0.05) is 32.1 Å². The van der Waals surface area contributed by atoms with Crippen LogP contribution in [0.4, 0.5) is 61.6 Å². The molecule has 1 aromatic heterocycles. The Balaban J connectivity index is 1.27. The quantitative estimate of drug-likeness (QED) is 0.149. The van der Waals surface area contributed by atoms with Gasteiger partial charge >= 0.3 is 30.6 Å². The van der Waals surface area contributed by atoms with Gasteiger partial charge in [0.2, 0.25) is 5.95 Å². The lowest BCUT2D eigenvalue weighted by atomic mass is 9.89. The first-order valence-electron chi connectivity index (χ1n) is 19.6. The van der Waals surface area contributed by atoms with E-state index in [9.17, 15) is 49.1 Å². The number of fused-ring (bicyclic) bond motifs is 1. The van der Waals surface area contributed by atoms with Crippen molar-refractivity contribution in [3.63, 3.8) is 0 Å². The molecule has 11 nitrogen and oxygen atoms in total. The molecule has 0 radical (unpaired) electrons. The lowest BCUT2D eigenvalue weighted by Crippen LogP contribution is -2.47. The van der Waals surface area contributed by atoms with Gasteiger partial charge in [0.25, 0.3) is 0 Å². The molecule has 0 spiro atoms. The molecule has 2 aromatic carbocycles. The maximum atomic E-state index is 14.1. The van der Waals surface area contributed by atoms with E-state index in [0.717, 1.165) is 12.1 Å². The van der Waals surface area contributed by atoms with Crippen LogP contribution in [-0.4, -0.2) is 92.1 Å². The summed E-state index contributed by atoms with van der Waals surface area (Å²) in [5.41, 5.74) is -3.67. The summed E-state index contributed by atoms with van der Waals surface area (Å²) in [6, 6.07) is 2.73. The van der Waals surface area contributed by atoms with E-state index in [1.807, 2.05) is 4.90 Å². The number of halogens is 9. The summed E-state index contributed by atoms with van der Waals surface area (Å²) in [6.07, 6.45) is -13.2. The van der Waals surface area contributed by atoms with Gasteiger partial charge in [-0.05, 0) is 93.2 Å². The second-order valence-electron chi connectivity index (χ2n) is 14.8. The maximum Gasteiger partial charge on any atom is 0.416 e. The van der Waals surface area contributed by atoms with Crippen LogP contribution in [0.2, 0.25) is 0 Å². The van der Waals surface area contributed by atoms with Crippen LogP contribution in [-0.2, 0) is 44.0 Å². The fourth-order valence-electron chi connectivity index (χ4n) is 7.80. The molecule has 2 saturated heterocycles. The van der Waals surface area contributed by atoms with Crippen LogP contribution >= 0.6 is 0 Å². The number of aromatic nitrogens is 2. The molecule has 3 aliphatic rings. The van der Waals surface area contributed by atoms with Crippen molar-refractivity contribution in [1.29, 1.82) is 0 Å². The third-order valence-electron chi connectivity index (χ3n) is 10.9. The monoisotopic (exact) mass is 860 g/mol. The van der Waals surface area contributed by atoms with Crippen LogP contribution in [0.25, 0.3) is 0 Å². The third kappa shape index (κ3) is 10.7. The Bertz CT molecular complexity index is 1950. The Hall–Kier alpha value is -4.85. The number of carbonyl (C=O) groups is 2. The number of carbonyl (C=O) groups excluding carboxylic acids is 2. The molecule has 60 heavy (non-hydrogen) atoms. The van der Waals surface area contributed by atoms with Crippen LogP contribution < -0.4 is 15.1 Å². The number of rotatable bonds is 11. The molecular formula is C40H45F9N6O5. The number of morpholine rings is 1. The van der Waals surface area contributed by atoms with Crippen molar-refractivity contribution in [2.75, 3.05) is 74.3 Å². The van der Waals surface area contributed by atoms with E-state index in [-0.39, 0.29) is 72.7 Å². The number of anilines is 3.